The molecule has 13 rings (SSSR count). The Morgan fingerprint density at radius 1 is 0.290 bits per heavy atom. The summed E-state index contributed by atoms with van der Waals surface area (Å²) in [6, 6.07) is 99.3. The van der Waals surface area contributed by atoms with Crippen LogP contribution in [0.1, 0.15) is 22.3 Å². The SMILES string of the molecule is c1ccc(-c2ccc(-c3ccc(N(c4ccc(-c5ccc6c(c5)oc5ccccc56)cc4)c4cccc5c4-c4ccccc4C5(c4ccccc4)c4ccccc4)cc3)cc2-c2ccccc2)cc1. The first-order valence-electron chi connectivity index (χ1n) is 23.7. The van der Waals surface area contributed by atoms with E-state index in [1.54, 1.807) is 0 Å². The van der Waals surface area contributed by atoms with Crippen molar-refractivity contribution in [3.05, 3.63) is 295 Å². The molecule has 0 aliphatic heterocycles. The smallest absolute Gasteiger partial charge is 0.136 e. The van der Waals surface area contributed by atoms with Gasteiger partial charge in [-0.3, -0.25) is 0 Å². The predicted octanol–water partition coefficient (Wildman–Crippen LogP) is 18.1. The van der Waals surface area contributed by atoms with Crippen molar-refractivity contribution in [3.8, 4) is 55.6 Å². The Labute approximate surface area is 402 Å². The van der Waals surface area contributed by atoms with Gasteiger partial charge in [0.1, 0.15) is 11.2 Å². The second-order valence-corrected chi connectivity index (χ2v) is 18.0. The molecular weight excluding hydrogens is 835 g/mol. The first-order chi connectivity index (χ1) is 34.2. The van der Waals surface area contributed by atoms with Crippen LogP contribution < -0.4 is 4.90 Å². The van der Waals surface area contributed by atoms with Gasteiger partial charge in [-0.05, 0) is 127 Å². The average molecular weight is 880 g/mol. The van der Waals surface area contributed by atoms with Crippen molar-refractivity contribution in [1.29, 1.82) is 0 Å². The number of hydrogen-bond acceptors (Lipinski definition) is 2. The molecule has 1 aliphatic rings. The lowest BCUT2D eigenvalue weighted by molar-refractivity contribution is 0.669. The quantitative estimate of drug-likeness (QED) is 0.144. The molecular formula is C67H45NO. The summed E-state index contributed by atoms with van der Waals surface area (Å²) < 4.78 is 6.33. The van der Waals surface area contributed by atoms with Crippen LogP contribution in [0, 0.1) is 0 Å². The minimum Gasteiger partial charge on any atom is -0.456 e. The van der Waals surface area contributed by atoms with Crippen LogP contribution in [-0.2, 0) is 5.41 Å². The van der Waals surface area contributed by atoms with Gasteiger partial charge >= 0.3 is 0 Å². The Morgan fingerprint density at radius 3 is 1.43 bits per heavy atom. The number of anilines is 3. The molecule has 11 aromatic carbocycles. The normalized spacial score (nSPS) is 12.5. The Balaban J connectivity index is 0.977. The molecule has 0 amide bonds. The summed E-state index contributed by atoms with van der Waals surface area (Å²) in [6.07, 6.45) is 0. The van der Waals surface area contributed by atoms with Gasteiger partial charge in [-0.25, -0.2) is 0 Å². The average Bonchev–Trinajstić information content (AvgIpc) is 3.96. The number of furan rings is 1. The topological polar surface area (TPSA) is 16.4 Å². The van der Waals surface area contributed by atoms with E-state index in [-0.39, 0.29) is 0 Å². The second kappa shape index (κ2) is 16.7. The number of benzene rings is 11. The van der Waals surface area contributed by atoms with Gasteiger partial charge in [0.25, 0.3) is 0 Å². The molecule has 2 nitrogen and oxygen atoms in total. The third kappa shape index (κ3) is 6.72. The van der Waals surface area contributed by atoms with Crippen molar-refractivity contribution in [1.82, 2.24) is 0 Å². The summed E-state index contributed by atoms with van der Waals surface area (Å²) >= 11 is 0. The Kier molecular flexibility index (Phi) is 9.77. The van der Waals surface area contributed by atoms with E-state index in [9.17, 15) is 0 Å². The number of fused-ring (bicyclic) bond motifs is 6. The van der Waals surface area contributed by atoms with Crippen LogP contribution in [-0.4, -0.2) is 0 Å². The van der Waals surface area contributed by atoms with E-state index in [0.29, 0.717) is 0 Å². The number of nitrogens with zero attached hydrogens (tertiary/aromatic N) is 1. The molecule has 0 radical (unpaired) electrons. The largest absolute Gasteiger partial charge is 0.456 e. The minimum absolute atomic E-state index is 0.526. The molecule has 2 heteroatoms. The number of rotatable bonds is 9. The van der Waals surface area contributed by atoms with Crippen LogP contribution in [0.15, 0.2) is 277 Å². The zero-order chi connectivity index (χ0) is 45.7. The van der Waals surface area contributed by atoms with Crippen molar-refractivity contribution in [2.75, 3.05) is 4.90 Å². The highest BCUT2D eigenvalue weighted by Crippen LogP contribution is 2.59. The van der Waals surface area contributed by atoms with E-state index in [2.05, 4.69) is 266 Å². The molecule has 69 heavy (non-hydrogen) atoms. The summed E-state index contributed by atoms with van der Waals surface area (Å²) in [5, 5.41) is 2.27. The van der Waals surface area contributed by atoms with E-state index < -0.39 is 5.41 Å². The monoisotopic (exact) mass is 879 g/mol. The fraction of sp³-hybridized carbons (Fsp3) is 0.0149. The zero-order valence-corrected chi connectivity index (χ0v) is 37.8. The van der Waals surface area contributed by atoms with E-state index >= 15 is 0 Å². The molecule has 1 heterocycles. The summed E-state index contributed by atoms with van der Waals surface area (Å²) in [5.74, 6) is 0. The molecule has 0 unspecified atom stereocenters. The van der Waals surface area contributed by atoms with Gasteiger partial charge in [0.15, 0.2) is 0 Å². The van der Waals surface area contributed by atoms with Crippen molar-refractivity contribution in [3.63, 3.8) is 0 Å². The van der Waals surface area contributed by atoms with Gasteiger partial charge in [-0.15, -0.1) is 0 Å². The molecule has 0 saturated carbocycles. The molecule has 0 N–H and O–H groups in total. The summed E-state index contributed by atoms with van der Waals surface area (Å²) in [5.41, 5.74) is 21.4. The van der Waals surface area contributed by atoms with Gasteiger partial charge in [-0.1, -0.05) is 218 Å². The molecule has 1 aromatic heterocycles. The lowest BCUT2D eigenvalue weighted by Gasteiger charge is -2.34. The highest BCUT2D eigenvalue weighted by atomic mass is 16.3. The summed E-state index contributed by atoms with van der Waals surface area (Å²) in [7, 11) is 0. The first kappa shape index (κ1) is 40.3. The van der Waals surface area contributed by atoms with Crippen molar-refractivity contribution in [2.45, 2.75) is 5.41 Å². The highest BCUT2D eigenvalue weighted by Gasteiger charge is 2.47. The molecule has 0 saturated heterocycles. The lowest BCUT2D eigenvalue weighted by atomic mass is 9.68. The van der Waals surface area contributed by atoms with Crippen LogP contribution in [0.25, 0.3) is 77.6 Å². The molecule has 0 fully saturated rings. The van der Waals surface area contributed by atoms with Crippen molar-refractivity contribution < 1.29 is 4.42 Å². The molecule has 12 aromatic rings. The van der Waals surface area contributed by atoms with E-state index in [0.717, 1.165) is 55.7 Å². The summed E-state index contributed by atoms with van der Waals surface area (Å²) in [4.78, 5) is 2.45. The van der Waals surface area contributed by atoms with Crippen molar-refractivity contribution in [2.24, 2.45) is 0 Å². The minimum atomic E-state index is -0.526. The lowest BCUT2D eigenvalue weighted by Crippen LogP contribution is -2.28. The van der Waals surface area contributed by atoms with E-state index in [4.69, 9.17) is 4.42 Å². The Morgan fingerprint density at radius 2 is 0.783 bits per heavy atom. The first-order valence-corrected chi connectivity index (χ1v) is 23.7. The van der Waals surface area contributed by atoms with E-state index in [1.807, 2.05) is 12.1 Å². The van der Waals surface area contributed by atoms with Gasteiger partial charge in [0.05, 0.1) is 11.1 Å². The fourth-order valence-electron chi connectivity index (χ4n) is 11.0. The van der Waals surface area contributed by atoms with Gasteiger partial charge in [0, 0.05) is 27.7 Å². The molecule has 0 atom stereocenters. The maximum Gasteiger partial charge on any atom is 0.136 e. The molecule has 324 valence electrons. The molecule has 1 aliphatic carbocycles. The fourth-order valence-corrected chi connectivity index (χ4v) is 11.0. The van der Waals surface area contributed by atoms with Crippen LogP contribution in [0.5, 0.6) is 0 Å². The standard InChI is InChI=1S/C67H45NO/c1-5-18-48(19-6-1)56-42-36-50(44-60(56)49-20-7-2-8-21-49)46-32-38-54(39-33-46)68(55-40-34-47(35-41-55)51-37-43-58-57-26-14-16-31-64(57)69-65(58)45-51)63-30-17-29-62-66(63)59-27-13-15-28-61(59)67(62,52-22-9-3-10-23-52)53-24-11-4-12-25-53/h1-45H. The highest BCUT2D eigenvalue weighted by molar-refractivity contribution is 6.06. The van der Waals surface area contributed by atoms with E-state index in [1.165, 1.54) is 61.2 Å². The number of hydrogen-bond donors (Lipinski definition) is 0. The van der Waals surface area contributed by atoms with Gasteiger partial charge in [-0.2, -0.15) is 0 Å². The summed E-state index contributed by atoms with van der Waals surface area (Å²) in [6.45, 7) is 0. The van der Waals surface area contributed by atoms with Gasteiger partial charge < -0.3 is 9.32 Å². The van der Waals surface area contributed by atoms with Crippen molar-refractivity contribution >= 4 is 39.0 Å². The van der Waals surface area contributed by atoms with Crippen LogP contribution in [0.2, 0.25) is 0 Å². The Hall–Kier alpha value is -8.98. The van der Waals surface area contributed by atoms with Crippen LogP contribution >= 0.6 is 0 Å². The second-order valence-electron chi connectivity index (χ2n) is 18.0. The zero-order valence-electron chi connectivity index (χ0n) is 37.8. The third-order valence-electron chi connectivity index (χ3n) is 14.2. The molecule has 0 bridgehead atoms. The van der Waals surface area contributed by atoms with Crippen LogP contribution in [0.3, 0.4) is 0 Å². The van der Waals surface area contributed by atoms with Crippen LogP contribution in [0.4, 0.5) is 17.1 Å². The molecule has 0 spiro atoms. The predicted molar refractivity (Wildman–Crippen MR) is 287 cm³/mol. The van der Waals surface area contributed by atoms with Gasteiger partial charge in [0.2, 0.25) is 0 Å². The maximum atomic E-state index is 6.33. The number of para-hydroxylation sites is 1. The maximum absolute atomic E-state index is 6.33. The third-order valence-corrected chi connectivity index (χ3v) is 14.2. The Bertz CT molecular complexity index is 3760.